The van der Waals surface area contributed by atoms with Crippen molar-refractivity contribution in [2.45, 2.75) is 127 Å². The van der Waals surface area contributed by atoms with Crippen molar-refractivity contribution >= 4 is 65.1 Å². The van der Waals surface area contributed by atoms with Gasteiger partial charge in [0.2, 0.25) is 41.4 Å². The summed E-state index contributed by atoms with van der Waals surface area (Å²) in [4.78, 5) is 120. The number of hydrogen-bond acceptors (Lipinski definition) is 13. The number of aliphatic hydroxyl groups is 2. The first-order valence-electron chi connectivity index (χ1n) is 21.4. The smallest absolute Gasteiger partial charge is 0.326 e. The van der Waals surface area contributed by atoms with Crippen LogP contribution in [0.3, 0.4) is 0 Å². The first-order valence-corrected chi connectivity index (χ1v) is 22.7. The third kappa shape index (κ3) is 17.7. The van der Waals surface area contributed by atoms with Gasteiger partial charge in [0.25, 0.3) is 0 Å². The fourth-order valence-electron chi connectivity index (χ4n) is 6.85. The van der Waals surface area contributed by atoms with Crippen LogP contribution in [-0.4, -0.2) is 159 Å². The van der Waals surface area contributed by atoms with Gasteiger partial charge in [-0.25, -0.2) is 4.79 Å². The van der Waals surface area contributed by atoms with Crippen molar-refractivity contribution < 1.29 is 63.6 Å². The molecule has 1 heterocycles. The highest BCUT2D eigenvalue weighted by Gasteiger charge is 2.41. The molecule has 0 aliphatic carbocycles. The highest BCUT2D eigenvalue weighted by molar-refractivity contribution is 7.98. The Morgan fingerprint density at radius 3 is 1.89 bits per heavy atom. The third-order valence-electron chi connectivity index (χ3n) is 10.7. The van der Waals surface area contributed by atoms with Crippen molar-refractivity contribution in [2.24, 2.45) is 17.6 Å². The van der Waals surface area contributed by atoms with E-state index >= 15 is 0 Å². The molecular weight excluding hydrogens is 857 g/mol. The minimum absolute atomic E-state index is 0.0389. The summed E-state index contributed by atoms with van der Waals surface area (Å²) in [7, 11) is 0. The topological polar surface area (TPSA) is 336 Å². The molecule has 0 radical (unpaired) electrons. The lowest BCUT2D eigenvalue weighted by molar-refractivity contribution is -0.144. The number of nitrogens with one attached hydrogen (secondary N) is 6. The van der Waals surface area contributed by atoms with Crippen LogP contribution < -0.4 is 37.6 Å². The molecule has 1 aliphatic heterocycles. The van der Waals surface area contributed by atoms with Gasteiger partial charge in [0, 0.05) is 19.4 Å². The molecule has 0 unspecified atom stereocenters. The van der Waals surface area contributed by atoms with Crippen LogP contribution in [0.2, 0.25) is 0 Å². The molecule has 12 N–H and O–H groups in total. The van der Waals surface area contributed by atoms with Crippen LogP contribution in [-0.2, 0) is 49.6 Å². The quantitative estimate of drug-likeness (QED) is 0.0444. The van der Waals surface area contributed by atoms with Crippen LogP contribution in [0, 0.1) is 11.8 Å². The Balaban J connectivity index is 2.29. The molecule has 21 nitrogen and oxygen atoms in total. The second kappa shape index (κ2) is 27.8. The molecule has 1 aromatic carbocycles. The van der Waals surface area contributed by atoms with E-state index in [0.717, 1.165) is 0 Å². The second-order valence-electron chi connectivity index (χ2n) is 16.2. The van der Waals surface area contributed by atoms with Crippen molar-refractivity contribution in [2.75, 3.05) is 31.8 Å². The molecule has 0 saturated carbocycles. The van der Waals surface area contributed by atoms with Gasteiger partial charge in [-0.05, 0) is 61.5 Å². The number of aliphatic carboxylic acids is 2. The Morgan fingerprint density at radius 2 is 1.33 bits per heavy atom. The van der Waals surface area contributed by atoms with Crippen LogP contribution in [0.15, 0.2) is 30.3 Å². The largest absolute Gasteiger partial charge is 0.481 e. The minimum atomic E-state index is -1.69. The SMILES string of the molecule is CC[C@H](C)[C@H](NC(=O)[C@H](Cc1ccccc1)NC(=O)[C@@H](N)CO)C(=O)N1CCC[C@H]1C(=O)N[C@@H](CC(C)C)C(=O)N[C@@H](CO)C(=O)N[C@@H](CCC(=O)O)C(=O)N[C@@H](CCSC)C(=O)O. The summed E-state index contributed by atoms with van der Waals surface area (Å²) in [5.74, 6) is -8.59. The van der Waals surface area contributed by atoms with Gasteiger partial charge in [-0.3, -0.25) is 38.4 Å². The van der Waals surface area contributed by atoms with Gasteiger partial charge in [0.1, 0.15) is 48.3 Å². The lowest BCUT2D eigenvalue weighted by atomic mass is 9.96. The van der Waals surface area contributed by atoms with Gasteiger partial charge in [0.15, 0.2) is 0 Å². The van der Waals surface area contributed by atoms with Crippen LogP contribution >= 0.6 is 11.8 Å². The number of nitrogens with two attached hydrogens (primary N) is 1. The zero-order chi connectivity index (χ0) is 48.1. The molecule has 0 bridgehead atoms. The van der Waals surface area contributed by atoms with Crippen LogP contribution in [0.25, 0.3) is 0 Å². The summed E-state index contributed by atoms with van der Waals surface area (Å²) in [5.41, 5.74) is 6.41. The van der Waals surface area contributed by atoms with Gasteiger partial charge in [-0.15, -0.1) is 0 Å². The van der Waals surface area contributed by atoms with E-state index in [1.54, 1.807) is 57.4 Å². The Morgan fingerprint density at radius 1 is 0.750 bits per heavy atom. The molecule has 0 aromatic heterocycles. The van der Waals surface area contributed by atoms with E-state index in [-0.39, 0.29) is 38.1 Å². The molecule has 1 aromatic rings. The number of carboxylic acids is 2. The number of thioether (sulfide) groups is 1. The second-order valence-corrected chi connectivity index (χ2v) is 17.2. The number of benzene rings is 1. The summed E-state index contributed by atoms with van der Waals surface area (Å²) >= 11 is 1.34. The lowest BCUT2D eigenvalue weighted by Gasteiger charge is -2.33. The monoisotopic (exact) mass is 922 g/mol. The van der Waals surface area contributed by atoms with Crippen LogP contribution in [0.5, 0.6) is 0 Å². The van der Waals surface area contributed by atoms with Crippen molar-refractivity contribution in [1.29, 1.82) is 0 Å². The predicted octanol–water partition coefficient (Wildman–Crippen LogP) is -1.76. The molecule has 1 aliphatic rings. The number of aliphatic hydroxyl groups excluding tert-OH is 2. The fourth-order valence-corrected chi connectivity index (χ4v) is 7.32. The van der Waals surface area contributed by atoms with Crippen molar-refractivity contribution in [3.8, 4) is 0 Å². The predicted molar refractivity (Wildman–Crippen MR) is 235 cm³/mol. The molecule has 9 atom stereocenters. The number of carbonyl (C=O) groups is 9. The average Bonchev–Trinajstić information content (AvgIpc) is 3.76. The number of rotatable bonds is 28. The summed E-state index contributed by atoms with van der Waals surface area (Å²) in [6.45, 7) is 5.61. The molecule has 1 fully saturated rings. The maximum absolute atomic E-state index is 14.3. The Bertz CT molecular complexity index is 1760. The first-order chi connectivity index (χ1) is 30.3. The van der Waals surface area contributed by atoms with E-state index in [1.807, 2.05) is 6.92 Å². The zero-order valence-corrected chi connectivity index (χ0v) is 37.9. The van der Waals surface area contributed by atoms with Gasteiger partial charge in [0.05, 0.1) is 13.2 Å². The highest BCUT2D eigenvalue weighted by atomic mass is 32.2. The van der Waals surface area contributed by atoms with E-state index in [4.69, 9.17) is 5.73 Å². The van der Waals surface area contributed by atoms with Crippen molar-refractivity contribution in [3.63, 3.8) is 0 Å². The minimum Gasteiger partial charge on any atom is -0.481 e. The zero-order valence-electron chi connectivity index (χ0n) is 37.0. The normalized spacial score (nSPS) is 17.3. The third-order valence-corrected chi connectivity index (χ3v) is 11.4. The van der Waals surface area contributed by atoms with E-state index in [0.29, 0.717) is 24.2 Å². The van der Waals surface area contributed by atoms with E-state index < -0.39 is 134 Å². The Labute approximate surface area is 377 Å². The molecule has 22 heteroatoms. The van der Waals surface area contributed by atoms with E-state index in [1.165, 1.54) is 16.7 Å². The first kappa shape index (κ1) is 54.8. The van der Waals surface area contributed by atoms with Gasteiger partial charge in [-0.1, -0.05) is 64.4 Å². The summed E-state index contributed by atoms with van der Waals surface area (Å²) in [6, 6.07) is -1.75. The number of carbonyl (C=O) groups excluding carboxylic acids is 7. The maximum atomic E-state index is 14.3. The molecule has 64 heavy (non-hydrogen) atoms. The summed E-state index contributed by atoms with van der Waals surface area (Å²) in [5, 5.41) is 53.4. The number of likely N-dealkylation sites (tertiary alicyclic amines) is 1. The molecule has 2 rings (SSSR count). The van der Waals surface area contributed by atoms with Crippen LogP contribution in [0.4, 0.5) is 0 Å². The summed E-state index contributed by atoms with van der Waals surface area (Å²) in [6.07, 6.45) is 1.90. The molecule has 7 amide bonds. The van der Waals surface area contributed by atoms with Crippen molar-refractivity contribution in [1.82, 2.24) is 36.8 Å². The Kier molecular flexibility index (Phi) is 23.8. The average molecular weight is 923 g/mol. The van der Waals surface area contributed by atoms with Gasteiger partial charge < -0.3 is 63.0 Å². The van der Waals surface area contributed by atoms with Gasteiger partial charge in [-0.2, -0.15) is 11.8 Å². The summed E-state index contributed by atoms with van der Waals surface area (Å²) < 4.78 is 0. The highest BCUT2D eigenvalue weighted by Crippen LogP contribution is 2.22. The van der Waals surface area contributed by atoms with E-state index in [2.05, 4.69) is 31.9 Å². The van der Waals surface area contributed by atoms with Crippen LogP contribution in [0.1, 0.15) is 78.2 Å². The number of hydrogen-bond donors (Lipinski definition) is 11. The van der Waals surface area contributed by atoms with Gasteiger partial charge >= 0.3 is 11.9 Å². The number of carboxylic acid groups (broad SMARTS) is 2. The van der Waals surface area contributed by atoms with Crippen molar-refractivity contribution in [3.05, 3.63) is 35.9 Å². The van der Waals surface area contributed by atoms with E-state index in [9.17, 15) is 63.6 Å². The molecular formula is C42H66N8O13S. The molecule has 1 saturated heterocycles. The fraction of sp³-hybridized carbons (Fsp3) is 0.643. The maximum Gasteiger partial charge on any atom is 0.326 e. The Hall–Kier alpha value is -5.32. The lowest BCUT2D eigenvalue weighted by Crippen LogP contribution is -2.61. The molecule has 358 valence electrons. The molecule has 0 spiro atoms. The number of amides is 7. The number of nitrogens with zero attached hydrogens (tertiary/aromatic N) is 1. The standard InChI is InChI=1S/C42H66N8O13S/c1-6-24(4)34(49-38(58)30(46-35(55)26(43)21-51)20-25-11-8-7-9-12-25)41(61)50-17-10-13-32(50)40(60)47-29(19-23(2)3)37(57)48-31(22-52)39(59)44-27(14-15-33(53)54)36(56)45-28(42(62)63)16-18-64-5/h7-9,11-12,23-24,26-32,34,51-52H,6,10,13-22,43H2,1-5H3,(H,44,59)(H,45,56)(H,46,55)(H,47,60)(H,48,57)(H,49,58)(H,53,54)(H,62,63)/t24-,26-,27-,28-,29-,30-,31-,32-,34-/m0/s1.